The molecule has 24 rings (SSSR count). The van der Waals surface area contributed by atoms with Gasteiger partial charge in [-0.25, -0.2) is 0 Å². The van der Waals surface area contributed by atoms with Gasteiger partial charge < -0.3 is 0 Å². The van der Waals surface area contributed by atoms with Gasteiger partial charge in [0.1, 0.15) is 0 Å². The molecule has 568 valence electrons. The van der Waals surface area contributed by atoms with E-state index < -0.39 is 0 Å². The number of hydrogen-bond donors (Lipinski definition) is 0. The Labute approximate surface area is 703 Å². The van der Waals surface area contributed by atoms with Gasteiger partial charge in [0.25, 0.3) is 0 Å². The molecule has 0 saturated carbocycles. The quantitative estimate of drug-likeness (QED) is 0.133. The molecule has 4 aliphatic rings. The lowest BCUT2D eigenvalue weighted by Gasteiger charge is -2.24. The summed E-state index contributed by atoms with van der Waals surface area (Å²) in [4.78, 5) is 0. The van der Waals surface area contributed by atoms with Gasteiger partial charge in [0.05, 0.1) is 0 Å². The minimum Gasteiger partial charge on any atom is -0.0622 e. The largest absolute Gasteiger partial charge is 0.0622 e. The highest BCUT2D eigenvalue weighted by atomic mass is 14.4. The van der Waals surface area contributed by atoms with Crippen molar-refractivity contribution in [2.75, 3.05) is 0 Å². The van der Waals surface area contributed by atoms with E-state index in [-0.39, 0.29) is 21.7 Å². The fourth-order valence-electron chi connectivity index (χ4n) is 22.0. The molecule has 0 bridgehead atoms. The Morgan fingerprint density at radius 2 is 0.408 bits per heavy atom. The van der Waals surface area contributed by atoms with E-state index in [1.807, 2.05) is 0 Å². The van der Waals surface area contributed by atoms with Crippen molar-refractivity contribution in [2.45, 2.75) is 77.0 Å². The van der Waals surface area contributed by atoms with Crippen LogP contribution < -0.4 is 0 Å². The predicted molar refractivity (Wildman–Crippen MR) is 512 cm³/mol. The maximum absolute atomic E-state index is 2.51. The summed E-state index contributed by atoms with van der Waals surface area (Å²) in [6.07, 6.45) is 0. The average molecular weight is 1530 g/mol. The van der Waals surface area contributed by atoms with Crippen LogP contribution in [0.2, 0.25) is 0 Å². The first-order valence-electron chi connectivity index (χ1n) is 42.7. The molecule has 120 heavy (non-hydrogen) atoms. The maximum atomic E-state index is 2.51. The van der Waals surface area contributed by atoms with Gasteiger partial charge in [-0.15, -0.1) is 0 Å². The van der Waals surface area contributed by atoms with Crippen molar-refractivity contribution in [3.63, 3.8) is 0 Å². The first kappa shape index (κ1) is 71.3. The van der Waals surface area contributed by atoms with Crippen LogP contribution >= 0.6 is 0 Å². The van der Waals surface area contributed by atoms with E-state index >= 15 is 0 Å². The van der Waals surface area contributed by atoms with Crippen LogP contribution in [0.25, 0.3) is 198 Å². The first-order valence-corrected chi connectivity index (χ1v) is 42.7. The van der Waals surface area contributed by atoms with E-state index in [9.17, 15) is 0 Å². The maximum Gasteiger partial charge on any atom is 0.0159 e. The van der Waals surface area contributed by atoms with Crippen LogP contribution in [0, 0.1) is 0 Å². The molecule has 0 heterocycles. The third kappa shape index (κ3) is 10.8. The molecule has 0 radical (unpaired) electrons. The smallest absolute Gasteiger partial charge is 0.0159 e. The van der Waals surface area contributed by atoms with Gasteiger partial charge in [-0.3, -0.25) is 0 Å². The monoisotopic (exact) mass is 1530 g/mol. The summed E-state index contributed by atoms with van der Waals surface area (Å²) in [5, 5.41) is 15.3. The highest BCUT2D eigenvalue weighted by molar-refractivity contribution is 6.24. The Kier molecular flexibility index (Phi) is 15.9. The Hall–Kier alpha value is -14.0. The summed E-state index contributed by atoms with van der Waals surface area (Å²) in [5.41, 5.74) is 41.6. The Bertz CT molecular complexity index is 7730. The molecule has 0 amide bonds. The van der Waals surface area contributed by atoms with E-state index in [1.54, 1.807) is 0 Å². The van der Waals surface area contributed by atoms with Crippen LogP contribution in [0.15, 0.2) is 388 Å². The number of rotatable bonds is 8. The molecule has 20 aromatic rings. The second kappa shape index (κ2) is 26.7. The van der Waals surface area contributed by atoms with E-state index in [1.165, 1.54) is 243 Å². The zero-order chi connectivity index (χ0) is 80.7. The zero-order valence-electron chi connectivity index (χ0n) is 69.0. The molecule has 0 atom stereocenters. The van der Waals surface area contributed by atoms with E-state index in [0.29, 0.717) is 0 Å². The Morgan fingerprint density at radius 1 is 0.125 bits per heavy atom. The second-order valence-corrected chi connectivity index (χ2v) is 36.1. The third-order valence-corrected chi connectivity index (χ3v) is 28.1. The van der Waals surface area contributed by atoms with Crippen molar-refractivity contribution >= 4 is 64.6 Å². The lowest BCUT2D eigenvalue weighted by atomic mass is 9.79. The van der Waals surface area contributed by atoms with Crippen LogP contribution in [-0.4, -0.2) is 0 Å². The molecular formula is C120H88. The third-order valence-electron chi connectivity index (χ3n) is 28.1. The number of hydrogen-bond acceptors (Lipinski definition) is 0. The standard InChI is InChI=1S/2C60H44/c1-59(2)53-24-13-12-20-45(53)51-34-41(28-32-54(51)59)58-49-22-11-10-21-48(49)57(50-31-25-39(33-52(50)58)37-15-6-5-7-16-37)42-27-30-47-46-29-26-40(35-55(46)60(3,4)56(47)36-42)44-23-14-18-38-17-8-9-19-43(38)44;1-59(2)53-21-13-12-18-45(53)51-34-43(27-31-54(51)59)58-49-20-11-10-19-48(49)57(50-30-25-41(33-52(50)58)37-14-6-5-7-15-37)44-26-29-47-46-28-24-42(35-55(46)60(3,4)56(47)36-44)40-23-22-38-16-8-9-17-39(38)32-40/h2*5-36H,1-4H3. The van der Waals surface area contributed by atoms with Crippen LogP contribution in [-0.2, 0) is 21.7 Å². The van der Waals surface area contributed by atoms with Crippen LogP contribution in [0.1, 0.15) is 99.9 Å². The van der Waals surface area contributed by atoms with E-state index in [0.717, 1.165) is 0 Å². The average Bonchev–Trinajstić information content (AvgIpc) is 1.17. The highest BCUT2D eigenvalue weighted by Crippen LogP contribution is 2.58. The molecule has 0 fully saturated rings. The molecule has 0 aromatic heterocycles. The van der Waals surface area contributed by atoms with E-state index in [4.69, 9.17) is 0 Å². The van der Waals surface area contributed by atoms with Crippen molar-refractivity contribution in [1.82, 2.24) is 0 Å². The molecule has 0 saturated heterocycles. The molecule has 0 unspecified atom stereocenters. The van der Waals surface area contributed by atoms with Gasteiger partial charge in [0.2, 0.25) is 0 Å². The fraction of sp³-hybridized carbons (Fsp3) is 0.100. The topological polar surface area (TPSA) is 0 Å². The van der Waals surface area contributed by atoms with Gasteiger partial charge in [-0.1, -0.05) is 389 Å². The van der Waals surface area contributed by atoms with Gasteiger partial charge in [0.15, 0.2) is 0 Å². The van der Waals surface area contributed by atoms with Crippen molar-refractivity contribution in [1.29, 1.82) is 0 Å². The number of benzene rings is 20. The SMILES string of the molecule is CC1(C)c2ccccc2-c2cc(-c3c4ccccc4c(-c4ccc5c(c4)C(C)(C)c4cc(-c6ccc7ccccc7c6)ccc4-5)c4ccc(-c5ccccc5)cc34)ccc21.CC1(C)c2ccccc2-c2cc(-c3c4ccccc4c(-c4ccc5c(c4)C(C)(C)c4cc(-c6cccc7ccccc67)ccc4-5)c4ccc(-c5ccccc5)cc34)ccc21. The van der Waals surface area contributed by atoms with Crippen molar-refractivity contribution < 1.29 is 0 Å². The van der Waals surface area contributed by atoms with E-state index in [2.05, 4.69) is 444 Å². The van der Waals surface area contributed by atoms with Gasteiger partial charge >= 0.3 is 0 Å². The molecule has 0 N–H and O–H groups in total. The first-order chi connectivity index (χ1) is 58.5. The molecule has 0 heteroatoms. The zero-order valence-corrected chi connectivity index (χ0v) is 69.0. The van der Waals surface area contributed by atoms with Gasteiger partial charge in [-0.05, 0) is 297 Å². The Balaban J connectivity index is 0.000000140. The lowest BCUT2D eigenvalue weighted by molar-refractivity contribution is 0.660. The summed E-state index contributed by atoms with van der Waals surface area (Å²) < 4.78 is 0. The minimum absolute atomic E-state index is 0.0437. The van der Waals surface area contributed by atoms with Gasteiger partial charge in [0, 0.05) is 21.7 Å². The molecule has 4 aliphatic carbocycles. The number of fused-ring (bicyclic) bond motifs is 18. The minimum atomic E-state index is -0.179. The summed E-state index contributed by atoms with van der Waals surface area (Å²) in [6, 6.07) is 146. The molecule has 0 spiro atoms. The summed E-state index contributed by atoms with van der Waals surface area (Å²) >= 11 is 0. The van der Waals surface area contributed by atoms with Crippen LogP contribution in [0.3, 0.4) is 0 Å². The van der Waals surface area contributed by atoms with Crippen molar-refractivity contribution in [2.24, 2.45) is 0 Å². The lowest BCUT2D eigenvalue weighted by Crippen LogP contribution is -2.15. The van der Waals surface area contributed by atoms with Crippen molar-refractivity contribution in [3.05, 3.63) is 433 Å². The predicted octanol–water partition coefficient (Wildman–Crippen LogP) is 32.9. The molecule has 0 nitrogen and oxygen atoms in total. The Morgan fingerprint density at radius 3 is 0.892 bits per heavy atom. The van der Waals surface area contributed by atoms with Crippen LogP contribution in [0.4, 0.5) is 0 Å². The molecule has 0 aliphatic heterocycles. The normalized spacial score (nSPS) is 14.3. The second-order valence-electron chi connectivity index (χ2n) is 36.1. The van der Waals surface area contributed by atoms with Crippen molar-refractivity contribution in [3.8, 4) is 134 Å². The summed E-state index contributed by atoms with van der Waals surface area (Å²) in [7, 11) is 0. The van der Waals surface area contributed by atoms with Crippen LogP contribution in [0.5, 0.6) is 0 Å². The van der Waals surface area contributed by atoms with Gasteiger partial charge in [-0.2, -0.15) is 0 Å². The molecular weight excluding hydrogens is 1440 g/mol. The summed E-state index contributed by atoms with van der Waals surface area (Å²) in [5.74, 6) is 0. The molecule has 20 aromatic carbocycles. The fourth-order valence-corrected chi connectivity index (χ4v) is 22.0. The highest BCUT2D eigenvalue weighted by Gasteiger charge is 2.41. The summed E-state index contributed by atoms with van der Waals surface area (Å²) in [6.45, 7) is 19.1.